The van der Waals surface area contributed by atoms with Crippen LogP contribution in [0.3, 0.4) is 0 Å². The fourth-order valence-electron chi connectivity index (χ4n) is 3.45. The Morgan fingerprint density at radius 2 is 1.58 bits per heavy atom. The van der Waals surface area contributed by atoms with Crippen LogP contribution in [0.25, 0.3) is 0 Å². The van der Waals surface area contributed by atoms with Gasteiger partial charge in [-0.2, -0.15) is 15.0 Å². The standard InChI is InChI=1S/C22H38N12O4/c1-25-8-4-2-3-5-9-28-20-32-21(30-15(17(35)36)7-6-10-27-19(23)24)34-22(33-20)31-16(18(37)38)11-14-12-26-13-29-14/h12-13,15-16,25H,2-11H2,1H3,(H,26,29)(H,35,36)(H,37,38)(H4,23,24,27)(H3,28,30,31,32,33,34). The van der Waals surface area contributed by atoms with Crippen LogP contribution in [0.2, 0.25) is 0 Å². The lowest BCUT2D eigenvalue weighted by Gasteiger charge is -2.17. The number of aromatic nitrogens is 5. The van der Waals surface area contributed by atoms with E-state index < -0.39 is 24.0 Å². The first-order valence-electron chi connectivity index (χ1n) is 12.4. The molecule has 0 amide bonds. The Bertz CT molecular complexity index is 1010. The van der Waals surface area contributed by atoms with Gasteiger partial charge in [-0.1, -0.05) is 12.8 Å². The highest BCUT2D eigenvalue weighted by Gasteiger charge is 2.22. The minimum absolute atomic E-state index is 0.0149. The van der Waals surface area contributed by atoms with E-state index in [0.29, 0.717) is 18.7 Å². The van der Waals surface area contributed by atoms with Crippen molar-refractivity contribution < 1.29 is 19.8 Å². The van der Waals surface area contributed by atoms with E-state index in [4.69, 9.17) is 11.5 Å². The highest BCUT2D eigenvalue weighted by Crippen LogP contribution is 2.15. The number of aliphatic carboxylic acids is 2. The number of aliphatic imine (C=N–C) groups is 1. The molecule has 0 bridgehead atoms. The highest BCUT2D eigenvalue weighted by molar-refractivity contribution is 5.78. The largest absolute Gasteiger partial charge is 0.480 e. The predicted molar refractivity (Wildman–Crippen MR) is 143 cm³/mol. The number of rotatable bonds is 20. The van der Waals surface area contributed by atoms with Crippen molar-refractivity contribution in [3.63, 3.8) is 0 Å². The van der Waals surface area contributed by atoms with Crippen molar-refractivity contribution in [3.8, 4) is 0 Å². The molecule has 0 aliphatic rings. The van der Waals surface area contributed by atoms with Crippen LogP contribution in [0.1, 0.15) is 44.2 Å². The summed E-state index contributed by atoms with van der Waals surface area (Å²) in [5.41, 5.74) is 11.2. The topological polar surface area (TPSA) is 254 Å². The zero-order valence-electron chi connectivity index (χ0n) is 21.5. The van der Waals surface area contributed by atoms with Crippen molar-refractivity contribution in [1.29, 1.82) is 0 Å². The zero-order valence-corrected chi connectivity index (χ0v) is 21.5. The quantitative estimate of drug-likeness (QED) is 0.0606. The van der Waals surface area contributed by atoms with E-state index in [0.717, 1.165) is 32.2 Å². The number of imidazole rings is 1. The van der Waals surface area contributed by atoms with Crippen molar-refractivity contribution in [2.45, 2.75) is 57.0 Å². The van der Waals surface area contributed by atoms with Gasteiger partial charge in [0.15, 0.2) is 5.96 Å². The van der Waals surface area contributed by atoms with E-state index in [9.17, 15) is 19.8 Å². The second-order valence-corrected chi connectivity index (χ2v) is 8.55. The molecule has 210 valence electrons. The molecule has 0 aliphatic carbocycles. The van der Waals surface area contributed by atoms with Crippen molar-refractivity contribution in [3.05, 3.63) is 18.2 Å². The summed E-state index contributed by atoms with van der Waals surface area (Å²) in [6.45, 7) is 1.82. The van der Waals surface area contributed by atoms with Gasteiger partial charge in [-0.3, -0.25) is 4.99 Å². The van der Waals surface area contributed by atoms with Crippen LogP contribution in [-0.2, 0) is 16.0 Å². The number of carboxylic acid groups (broad SMARTS) is 2. The lowest BCUT2D eigenvalue weighted by atomic mass is 10.1. The smallest absolute Gasteiger partial charge is 0.326 e. The summed E-state index contributed by atoms with van der Waals surface area (Å²) in [5, 5.41) is 31.2. The number of hydrogen-bond donors (Lipinski definition) is 9. The van der Waals surface area contributed by atoms with Gasteiger partial charge in [0.1, 0.15) is 12.1 Å². The highest BCUT2D eigenvalue weighted by atomic mass is 16.4. The van der Waals surface area contributed by atoms with Crippen molar-refractivity contribution in [2.24, 2.45) is 16.5 Å². The van der Waals surface area contributed by atoms with Gasteiger partial charge in [0.2, 0.25) is 17.8 Å². The molecule has 11 N–H and O–H groups in total. The SMILES string of the molecule is CNCCCCCCNc1nc(NC(CCCN=C(N)N)C(=O)O)nc(NC(Cc2cnc[nH]2)C(=O)O)n1. The maximum absolute atomic E-state index is 11.9. The third-order valence-corrected chi connectivity index (χ3v) is 5.40. The number of aromatic amines is 1. The molecule has 0 fully saturated rings. The van der Waals surface area contributed by atoms with Gasteiger partial charge < -0.3 is 47.9 Å². The third-order valence-electron chi connectivity index (χ3n) is 5.40. The molecule has 0 aliphatic heterocycles. The summed E-state index contributed by atoms with van der Waals surface area (Å²) >= 11 is 0. The number of nitrogens with two attached hydrogens (primary N) is 2. The van der Waals surface area contributed by atoms with Gasteiger partial charge >= 0.3 is 11.9 Å². The van der Waals surface area contributed by atoms with E-state index in [2.05, 4.69) is 51.2 Å². The molecule has 0 spiro atoms. The molecule has 0 radical (unpaired) electrons. The van der Waals surface area contributed by atoms with Crippen LogP contribution in [0.5, 0.6) is 0 Å². The van der Waals surface area contributed by atoms with Crippen LogP contribution in [0, 0.1) is 0 Å². The molecule has 2 atom stereocenters. The first kappa shape index (κ1) is 30.0. The predicted octanol–water partition coefficient (Wildman–Crippen LogP) is -0.187. The molecular formula is C22H38N12O4. The van der Waals surface area contributed by atoms with Crippen LogP contribution in [-0.4, -0.2) is 91.8 Å². The van der Waals surface area contributed by atoms with Crippen LogP contribution >= 0.6 is 0 Å². The van der Waals surface area contributed by atoms with Gasteiger partial charge in [-0.15, -0.1) is 0 Å². The van der Waals surface area contributed by atoms with Crippen LogP contribution in [0.15, 0.2) is 17.5 Å². The first-order valence-corrected chi connectivity index (χ1v) is 12.4. The molecule has 2 aromatic heterocycles. The molecule has 0 saturated carbocycles. The van der Waals surface area contributed by atoms with Crippen LogP contribution in [0.4, 0.5) is 17.8 Å². The third kappa shape index (κ3) is 11.7. The minimum Gasteiger partial charge on any atom is -0.480 e. The summed E-state index contributed by atoms with van der Waals surface area (Å²) in [7, 11) is 1.92. The van der Waals surface area contributed by atoms with Crippen LogP contribution < -0.4 is 32.7 Å². The van der Waals surface area contributed by atoms with E-state index in [-0.39, 0.29) is 43.2 Å². The number of hydrogen-bond acceptors (Lipinski definition) is 11. The van der Waals surface area contributed by atoms with Gasteiger partial charge in [0, 0.05) is 31.4 Å². The molecular weight excluding hydrogens is 496 g/mol. The Hall–Kier alpha value is -4.21. The number of carboxylic acids is 2. The van der Waals surface area contributed by atoms with Gasteiger partial charge in [0.05, 0.1) is 6.33 Å². The monoisotopic (exact) mass is 534 g/mol. The second-order valence-electron chi connectivity index (χ2n) is 8.55. The number of unbranched alkanes of at least 4 members (excludes halogenated alkanes) is 3. The number of nitrogens with one attached hydrogen (secondary N) is 5. The van der Waals surface area contributed by atoms with Gasteiger partial charge in [-0.05, 0) is 39.3 Å². The molecule has 0 aromatic carbocycles. The zero-order chi connectivity index (χ0) is 27.8. The average Bonchev–Trinajstić information content (AvgIpc) is 3.38. The molecule has 16 nitrogen and oxygen atoms in total. The number of anilines is 3. The Morgan fingerprint density at radius 1 is 0.947 bits per heavy atom. The Kier molecular flexibility index (Phi) is 13.0. The summed E-state index contributed by atoms with van der Waals surface area (Å²) in [5.74, 6) is -2.14. The van der Waals surface area contributed by atoms with E-state index in [1.807, 2.05) is 7.05 Å². The Balaban J connectivity index is 2.15. The van der Waals surface area contributed by atoms with E-state index >= 15 is 0 Å². The minimum atomic E-state index is -1.12. The Labute approximate surface area is 220 Å². The molecule has 0 saturated heterocycles. The molecule has 2 aromatic rings. The summed E-state index contributed by atoms with van der Waals surface area (Å²) in [4.78, 5) is 47.2. The lowest BCUT2D eigenvalue weighted by molar-refractivity contribution is -0.138. The van der Waals surface area contributed by atoms with E-state index in [1.54, 1.807) is 0 Å². The number of H-pyrrole nitrogens is 1. The van der Waals surface area contributed by atoms with Crippen molar-refractivity contribution >= 4 is 35.7 Å². The molecule has 16 heteroatoms. The van der Waals surface area contributed by atoms with Crippen molar-refractivity contribution in [1.82, 2.24) is 30.2 Å². The van der Waals surface area contributed by atoms with E-state index in [1.165, 1.54) is 12.5 Å². The fraction of sp³-hybridized carbons (Fsp3) is 0.591. The first-order chi connectivity index (χ1) is 18.3. The second kappa shape index (κ2) is 16.5. The number of nitrogens with zero attached hydrogens (tertiary/aromatic N) is 5. The summed E-state index contributed by atoms with van der Waals surface area (Å²) in [6, 6.07) is -2.10. The lowest BCUT2D eigenvalue weighted by Crippen LogP contribution is -2.33. The molecule has 2 unspecified atom stereocenters. The van der Waals surface area contributed by atoms with Crippen molar-refractivity contribution in [2.75, 3.05) is 42.6 Å². The summed E-state index contributed by atoms with van der Waals surface area (Å²) in [6.07, 6.45) is 7.74. The Morgan fingerprint density at radius 3 is 2.16 bits per heavy atom. The van der Waals surface area contributed by atoms with Gasteiger partial charge in [-0.25, -0.2) is 14.6 Å². The summed E-state index contributed by atoms with van der Waals surface area (Å²) < 4.78 is 0. The maximum Gasteiger partial charge on any atom is 0.326 e. The molecule has 2 rings (SSSR count). The number of guanidine groups is 1. The molecule has 38 heavy (non-hydrogen) atoms. The maximum atomic E-state index is 11.9. The number of carbonyl (C=O) groups is 2. The molecule has 2 heterocycles. The normalized spacial score (nSPS) is 12.3. The average molecular weight is 535 g/mol. The fourth-order valence-corrected chi connectivity index (χ4v) is 3.45. The van der Waals surface area contributed by atoms with Gasteiger partial charge in [0.25, 0.3) is 0 Å².